The van der Waals surface area contributed by atoms with E-state index in [1.165, 1.54) is 0 Å². The highest BCUT2D eigenvalue weighted by atomic mass is 79.9. The quantitative estimate of drug-likeness (QED) is 0.903. The van der Waals surface area contributed by atoms with E-state index in [9.17, 15) is 0 Å². The number of anilines is 2. The molecule has 0 amide bonds. The molecule has 0 aliphatic carbocycles. The molecule has 0 saturated carbocycles. The van der Waals surface area contributed by atoms with Crippen LogP contribution in [0.25, 0.3) is 0 Å². The molecule has 1 heterocycles. The molecule has 0 spiro atoms. The van der Waals surface area contributed by atoms with Crippen LogP contribution in [0, 0.1) is 0 Å². The fourth-order valence-electron chi connectivity index (χ4n) is 1.57. The Morgan fingerprint density at radius 2 is 2.29 bits per heavy atom. The summed E-state index contributed by atoms with van der Waals surface area (Å²) in [6.45, 7) is 3.08. The lowest BCUT2D eigenvalue weighted by atomic mass is 10.3. The number of hydrogen-bond acceptors (Lipinski definition) is 2. The van der Waals surface area contributed by atoms with Crippen LogP contribution in [0.5, 0.6) is 0 Å². The van der Waals surface area contributed by atoms with Gasteiger partial charge in [0.15, 0.2) is 0 Å². The van der Waals surface area contributed by atoms with Gasteiger partial charge in [0.25, 0.3) is 0 Å². The van der Waals surface area contributed by atoms with Crippen LogP contribution >= 0.6 is 27.5 Å². The van der Waals surface area contributed by atoms with Crippen LogP contribution in [0.3, 0.4) is 0 Å². The molecular weight excluding hydrogens is 302 g/mol. The first kappa shape index (κ1) is 12.5. The molecule has 5 heteroatoms. The lowest BCUT2D eigenvalue weighted by molar-refractivity contribution is 0.686. The van der Waals surface area contributed by atoms with Crippen LogP contribution in [0.1, 0.15) is 13.3 Å². The maximum absolute atomic E-state index is 6.15. The van der Waals surface area contributed by atoms with E-state index in [1.807, 2.05) is 24.4 Å². The molecule has 0 radical (unpaired) electrons. The van der Waals surface area contributed by atoms with Crippen LogP contribution in [0.2, 0.25) is 5.02 Å². The van der Waals surface area contributed by atoms with Crippen molar-refractivity contribution >= 4 is 39.2 Å². The first-order chi connectivity index (χ1) is 8.20. The van der Waals surface area contributed by atoms with E-state index in [4.69, 9.17) is 11.6 Å². The number of benzene rings is 1. The molecule has 0 aliphatic rings. The molecule has 90 valence electrons. The third-order valence-corrected chi connectivity index (χ3v) is 3.16. The van der Waals surface area contributed by atoms with Gasteiger partial charge in [-0.1, -0.05) is 34.5 Å². The second-order valence-electron chi connectivity index (χ2n) is 3.69. The highest BCUT2D eigenvalue weighted by Crippen LogP contribution is 2.27. The van der Waals surface area contributed by atoms with E-state index < -0.39 is 0 Å². The third kappa shape index (κ3) is 3.01. The van der Waals surface area contributed by atoms with Crippen molar-refractivity contribution in [3.8, 4) is 0 Å². The van der Waals surface area contributed by atoms with E-state index in [1.54, 1.807) is 6.20 Å². The standard InChI is InChI=1S/C12H13BrClN3/c1-2-6-17-7-5-15-12(17)16-11-4-3-9(13)8-10(11)14/h3-5,7-8H,2,6H2,1H3,(H,15,16). The minimum Gasteiger partial charge on any atom is -0.324 e. The van der Waals surface area contributed by atoms with Gasteiger partial charge in [0.05, 0.1) is 10.7 Å². The summed E-state index contributed by atoms with van der Waals surface area (Å²) in [5.74, 6) is 0.816. The van der Waals surface area contributed by atoms with Gasteiger partial charge in [0.1, 0.15) is 0 Å². The van der Waals surface area contributed by atoms with Gasteiger partial charge in [-0.25, -0.2) is 4.98 Å². The smallest absolute Gasteiger partial charge is 0.207 e. The molecule has 0 unspecified atom stereocenters. The zero-order chi connectivity index (χ0) is 12.3. The molecule has 0 aliphatic heterocycles. The summed E-state index contributed by atoms with van der Waals surface area (Å²) in [6, 6.07) is 5.73. The summed E-state index contributed by atoms with van der Waals surface area (Å²) in [4.78, 5) is 4.28. The number of rotatable bonds is 4. The Morgan fingerprint density at radius 3 is 3.00 bits per heavy atom. The van der Waals surface area contributed by atoms with Crippen LogP contribution in [-0.4, -0.2) is 9.55 Å². The maximum atomic E-state index is 6.15. The molecule has 3 nitrogen and oxygen atoms in total. The Kier molecular flexibility index (Phi) is 4.07. The van der Waals surface area contributed by atoms with Gasteiger partial charge in [-0.3, -0.25) is 0 Å². The summed E-state index contributed by atoms with van der Waals surface area (Å²) >= 11 is 9.53. The summed E-state index contributed by atoms with van der Waals surface area (Å²) in [7, 11) is 0. The van der Waals surface area contributed by atoms with Crippen molar-refractivity contribution in [2.75, 3.05) is 5.32 Å². The Bertz CT molecular complexity index is 510. The number of aromatic nitrogens is 2. The van der Waals surface area contributed by atoms with Crippen LogP contribution in [0.15, 0.2) is 35.1 Å². The van der Waals surface area contributed by atoms with Gasteiger partial charge in [-0.05, 0) is 24.6 Å². The van der Waals surface area contributed by atoms with Gasteiger partial charge in [0, 0.05) is 23.4 Å². The summed E-state index contributed by atoms with van der Waals surface area (Å²) in [5, 5.41) is 3.90. The van der Waals surface area contributed by atoms with Gasteiger partial charge < -0.3 is 9.88 Å². The van der Waals surface area contributed by atoms with E-state index in [0.29, 0.717) is 5.02 Å². The Hall–Kier alpha value is -1.000. The van der Waals surface area contributed by atoms with E-state index in [-0.39, 0.29) is 0 Å². The van der Waals surface area contributed by atoms with Crippen molar-refractivity contribution in [2.45, 2.75) is 19.9 Å². The lowest BCUT2D eigenvalue weighted by Crippen LogP contribution is -2.03. The van der Waals surface area contributed by atoms with E-state index in [2.05, 4.69) is 37.7 Å². The molecular formula is C12H13BrClN3. The fourth-order valence-corrected chi connectivity index (χ4v) is 2.29. The molecule has 0 saturated heterocycles. The van der Waals surface area contributed by atoms with Gasteiger partial charge in [-0.2, -0.15) is 0 Å². The third-order valence-electron chi connectivity index (χ3n) is 2.36. The predicted molar refractivity (Wildman–Crippen MR) is 75.0 cm³/mol. The Balaban J connectivity index is 2.22. The van der Waals surface area contributed by atoms with Crippen molar-refractivity contribution in [3.63, 3.8) is 0 Å². The minimum atomic E-state index is 0.672. The second-order valence-corrected chi connectivity index (χ2v) is 5.02. The van der Waals surface area contributed by atoms with Crippen LogP contribution in [0.4, 0.5) is 11.6 Å². The number of aryl methyl sites for hydroxylation is 1. The zero-order valence-electron chi connectivity index (χ0n) is 9.45. The average molecular weight is 315 g/mol. The number of nitrogens with zero attached hydrogens (tertiary/aromatic N) is 2. The average Bonchev–Trinajstić information content (AvgIpc) is 2.71. The molecule has 2 rings (SSSR count). The first-order valence-corrected chi connectivity index (χ1v) is 6.61. The molecule has 1 aromatic carbocycles. The van der Waals surface area contributed by atoms with Crippen molar-refractivity contribution in [2.24, 2.45) is 0 Å². The minimum absolute atomic E-state index is 0.672. The normalized spacial score (nSPS) is 10.5. The Labute approximate surface area is 114 Å². The summed E-state index contributed by atoms with van der Waals surface area (Å²) in [6.07, 6.45) is 4.81. The van der Waals surface area contributed by atoms with Gasteiger partial charge >= 0.3 is 0 Å². The molecule has 0 fully saturated rings. The number of nitrogens with one attached hydrogen (secondary N) is 1. The summed E-state index contributed by atoms with van der Waals surface area (Å²) in [5.41, 5.74) is 0.860. The molecule has 1 N–H and O–H groups in total. The number of imidazole rings is 1. The molecule has 2 aromatic rings. The topological polar surface area (TPSA) is 29.9 Å². The highest BCUT2D eigenvalue weighted by molar-refractivity contribution is 9.10. The molecule has 0 atom stereocenters. The van der Waals surface area contributed by atoms with E-state index >= 15 is 0 Å². The van der Waals surface area contributed by atoms with Crippen molar-refractivity contribution < 1.29 is 0 Å². The maximum Gasteiger partial charge on any atom is 0.207 e. The monoisotopic (exact) mass is 313 g/mol. The summed E-state index contributed by atoms with van der Waals surface area (Å²) < 4.78 is 3.03. The number of hydrogen-bond donors (Lipinski definition) is 1. The van der Waals surface area contributed by atoms with Gasteiger partial charge in [-0.15, -0.1) is 0 Å². The molecule has 0 bridgehead atoms. The Morgan fingerprint density at radius 1 is 1.47 bits per heavy atom. The SMILES string of the molecule is CCCn1ccnc1Nc1ccc(Br)cc1Cl. The van der Waals surface area contributed by atoms with E-state index in [0.717, 1.165) is 29.1 Å². The first-order valence-electron chi connectivity index (χ1n) is 5.44. The number of halogens is 2. The van der Waals surface area contributed by atoms with Gasteiger partial charge in [0.2, 0.25) is 5.95 Å². The molecule has 1 aromatic heterocycles. The van der Waals surface area contributed by atoms with Crippen molar-refractivity contribution in [1.82, 2.24) is 9.55 Å². The van der Waals surface area contributed by atoms with Crippen molar-refractivity contribution in [3.05, 3.63) is 40.1 Å². The molecule has 17 heavy (non-hydrogen) atoms. The van der Waals surface area contributed by atoms with Crippen molar-refractivity contribution in [1.29, 1.82) is 0 Å². The zero-order valence-corrected chi connectivity index (χ0v) is 11.8. The highest BCUT2D eigenvalue weighted by Gasteiger charge is 2.05. The van der Waals surface area contributed by atoms with Crippen LogP contribution < -0.4 is 5.32 Å². The predicted octanol–water partition coefficient (Wildman–Crippen LogP) is 4.45. The van der Waals surface area contributed by atoms with Crippen LogP contribution in [-0.2, 0) is 6.54 Å². The lowest BCUT2D eigenvalue weighted by Gasteiger charge is -2.10. The second kappa shape index (κ2) is 5.56. The largest absolute Gasteiger partial charge is 0.324 e. The fraction of sp³-hybridized carbons (Fsp3) is 0.250.